The van der Waals surface area contributed by atoms with Gasteiger partial charge in [0.05, 0.1) is 0 Å². The highest BCUT2D eigenvalue weighted by Crippen LogP contribution is 2.82. The number of hydrogen-bond donors (Lipinski definition) is 0. The van der Waals surface area contributed by atoms with E-state index < -0.39 is 23.3 Å². The Morgan fingerprint density at radius 3 is 2.04 bits per heavy atom. The molecule has 1 unspecified atom stereocenters. The Bertz CT molecular complexity index is 940. The number of halogens is 5. The quantitative estimate of drug-likeness (QED) is 0.381. The lowest BCUT2D eigenvalue weighted by molar-refractivity contribution is 0.696. The first-order chi connectivity index (χ1) is 10.6. The second kappa shape index (κ2) is 5.44. The first kappa shape index (κ1) is 16.7. The van der Waals surface area contributed by atoms with Gasteiger partial charge in [0.15, 0.2) is 0 Å². The molecule has 2 aromatic rings. The summed E-state index contributed by atoms with van der Waals surface area (Å²) < 4.78 is 76.2. The summed E-state index contributed by atoms with van der Waals surface area (Å²) in [5, 5.41) is 1.56. The van der Waals surface area contributed by atoms with E-state index in [9.17, 15) is 21.0 Å². The zero-order valence-corrected chi connectivity index (χ0v) is 14.2. The van der Waals surface area contributed by atoms with Crippen LogP contribution in [0, 0.1) is 0 Å². The molecule has 1 aliphatic rings. The summed E-state index contributed by atoms with van der Waals surface area (Å²) in [6.07, 6.45) is 0. The minimum atomic E-state index is -5.71. The highest BCUT2D eigenvalue weighted by atomic mass is 31.3. The first-order valence-electron chi connectivity index (χ1n) is 6.23. The van der Waals surface area contributed by atoms with Crippen LogP contribution in [0.25, 0.3) is 10.8 Å². The van der Waals surface area contributed by atoms with E-state index >= 15 is 0 Å². The van der Waals surface area contributed by atoms with Gasteiger partial charge in [-0.3, -0.25) is 4.67 Å². The molecular weight excluding hydrogens is 376 g/mol. The summed E-state index contributed by atoms with van der Waals surface area (Å²) in [5.41, 5.74) is 0.147. The normalized spacial score (nSPS) is 25.1. The van der Waals surface area contributed by atoms with Crippen LogP contribution < -0.4 is 4.67 Å². The van der Waals surface area contributed by atoms with Crippen LogP contribution in [0.4, 0.5) is 26.7 Å². The van der Waals surface area contributed by atoms with E-state index in [1.807, 2.05) is 6.07 Å². The first-order valence-corrected chi connectivity index (χ1v) is 10.7. The predicted octanol–water partition coefficient (Wildman–Crippen LogP) is 7.98. The van der Waals surface area contributed by atoms with Crippen molar-refractivity contribution in [3.8, 4) is 0 Å². The zero-order chi connectivity index (χ0) is 16.9. The topological polar surface area (TPSA) is 40.3 Å². The van der Waals surface area contributed by atoms with Gasteiger partial charge in [-0.05, 0) is 22.9 Å². The van der Waals surface area contributed by atoms with Gasteiger partial charge in [0.1, 0.15) is 0 Å². The predicted molar refractivity (Wildman–Crippen MR) is 85.9 cm³/mol. The van der Waals surface area contributed by atoms with E-state index in [-0.39, 0.29) is 5.69 Å². The molecule has 0 saturated carbocycles. The summed E-state index contributed by atoms with van der Waals surface area (Å²) in [5.74, 6) is 0. The second-order valence-electron chi connectivity index (χ2n) is 4.73. The molecule has 124 valence electrons. The van der Waals surface area contributed by atoms with Crippen LogP contribution in [0.1, 0.15) is 0 Å². The number of anilines is 1. The fourth-order valence-electron chi connectivity index (χ4n) is 2.10. The largest absolute Gasteiger partial charge is 0.424 e. The lowest BCUT2D eigenvalue weighted by atomic mass is 10.1. The maximum absolute atomic E-state index is 14.8. The van der Waals surface area contributed by atoms with Crippen LogP contribution in [0.3, 0.4) is 0 Å². The van der Waals surface area contributed by atoms with E-state index in [2.05, 4.69) is 13.5 Å². The summed E-state index contributed by atoms with van der Waals surface area (Å²) in [6.45, 7) is 0. The van der Waals surface area contributed by atoms with Gasteiger partial charge in [0.2, 0.25) is 0 Å². The molecule has 0 N–H and O–H groups in total. The third-order valence-corrected chi connectivity index (χ3v) is 9.41. The van der Waals surface area contributed by atoms with Gasteiger partial charge in [-0.25, -0.2) is 0 Å². The molecule has 2 aromatic carbocycles. The summed E-state index contributed by atoms with van der Waals surface area (Å²) in [6, 6.07) is 11.7. The van der Waals surface area contributed by atoms with Crippen LogP contribution in [-0.4, -0.2) is 7.05 Å². The minimum Gasteiger partial charge on any atom is -0.299 e. The Morgan fingerprint density at radius 2 is 1.39 bits per heavy atom. The van der Waals surface area contributed by atoms with Crippen LogP contribution in [0.2, 0.25) is 0 Å². The molecule has 1 heterocycles. The Hall–Kier alpha value is -1.16. The Balaban J connectivity index is 2.15. The van der Waals surface area contributed by atoms with E-state index in [4.69, 9.17) is 0 Å². The Labute approximate surface area is 129 Å². The van der Waals surface area contributed by atoms with E-state index in [0.717, 1.165) is 12.4 Å². The van der Waals surface area contributed by atoms with Gasteiger partial charge in [-0.15, -0.1) is 30.3 Å². The highest BCUT2D eigenvalue weighted by molar-refractivity contribution is 7.80. The van der Waals surface area contributed by atoms with Gasteiger partial charge in [0.25, 0.3) is 0 Å². The zero-order valence-electron chi connectivity index (χ0n) is 11.6. The minimum absolute atomic E-state index is 0.147. The van der Waals surface area contributed by atoms with Crippen LogP contribution >= 0.6 is 23.3 Å². The van der Waals surface area contributed by atoms with Crippen LogP contribution in [-0.2, 0) is 0 Å². The number of rotatable bonds is 2. The molecular formula is C11H10F5N4P3. The molecule has 0 amide bonds. The molecule has 0 bridgehead atoms. The molecule has 1 atom stereocenters. The fraction of sp³-hybridized carbons (Fsp3) is 0.0909. The van der Waals surface area contributed by atoms with Crippen molar-refractivity contribution >= 4 is 39.8 Å². The van der Waals surface area contributed by atoms with Crippen molar-refractivity contribution in [2.24, 2.45) is 13.5 Å². The molecule has 1 aliphatic heterocycles. The molecule has 23 heavy (non-hydrogen) atoms. The molecule has 0 saturated heterocycles. The van der Waals surface area contributed by atoms with Crippen molar-refractivity contribution in [3.05, 3.63) is 42.5 Å². The molecule has 0 radical (unpaired) electrons. The Kier molecular flexibility index (Phi) is 3.95. The van der Waals surface area contributed by atoms with Crippen molar-refractivity contribution in [1.29, 1.82) is 0 Å². The van der Waals surface area contributed by atoms with Crippen LogP contribution in [0.15, 0.2) is 56.0 Å². The maximum atomic E-state index is 14.8. The van der Waals surface area contributed by atoms with Gasteiger partial charge in [-0.1, -0.05) is 30.3 Å². The molecule has 12 heteroatoms. The molecule has 0 aromatic heterocycles. The molecule has 0 spiro atoms. The van der Waals surface area contributed by atoms with Crippen molar-refractivity contribution in [3.63, 3.8) is 0 Å². The van der Waals surface area contributed by atoms with E-state index in [0.29, 0.717) is 10.1 Å². The van der Waals surface area contributed by atoms with Crippen LogP contribution in [0.5, 0.6) is 0 Å². The molecule has 4 nitrogen and oxygen atoms in total. The summed E-state index contributed by atoms with van der Waals surface area (Å²) in [7, 11) is -15.2. The van der Waals surface area contributed by atoms with Crippen molar-refractivity contribution in [1.82, 2.24) is 0 Å². The molecule has 0 fully saturated rings. The third kappa shape index (κ3) is 3.37. The van der Waals surface area contributed by atoms with E-state index in [1.54, 1.807) is 24.3 Å². The SMILES string of the molecule is CN(c1ccc2ccccc2c1)P1(F)=NP(F)(F)=NP(F)(F)=N1. The lowest BCUT2D eigenvalue weighted by Gasteiger charge is -2.27. The fourth-order valence-corrected chi connectivity index (χ4v) is 8.10. The number of benzene rings is 2. The standard InChI is InChI=1S/C11H10F5N4P3/c1-20(11-7-6-9-4-2-3-5-10(9)8-11)23(16)18-21(12,13)17-22(14,15)19-23/h2-8H,1H3. The number of hydrogen-bond acceptors (Lipinski definition) is 4. The smallest absolute Gasteiger partial charge is 0.299 e. The number of fused-ring (bicyclic) bond motifs is 1. The highest BCUT2D eigenvalue weighted by Gasteiger charge is 2.41. The average Bonchev–Trinajstić information content (AvgIpc) is 2.42. The third-order valence-electron chi connectivity index (χ3n) is 3.15. The molecule has 0 aliphatic carbocycles. The Morgan fingerprint density at radius 1 is 0.783 bits per heavy atom. The second-order valence-corrected chi connectivity index (χ2v) is 10.3. The lowest BCUT2D eigenvalue weighted by Crippen LogP contribution is -2.10. The maximum Gasteiger partial charge on any atom is 0.424 e. The van der Waals surface area contributed by atoms with Gasteiger partial charge in [0, 0.05) is 12.7 Å². The van der Waals surface area contributed by atoms with Crippen molar-refractivity contribution in [2.75, 3.05) is 11.7 Å². The van der Waals surface area contributed by atoms with E-state index in [1.165, 1.54) is 12.1 Å². The van der Waals surface area contributed by atoms with Gasteiger partial charge in [-0.2, -0.15) is 4.20 Å². The molecule has 3 rings (SSSR count). The summed E-state index contributed by atoms with van der Waals surface area (Å²) >= 11 is 0. The van der Waals surface area contributed by atoms with Crippen molar-refractivity contribution < 1.29 is 21.0 Å². The van der Waals surface area contributed by atoms with Gasteiger partial charge >= 0.3 is 23.3 Å². The monoisotopic (exact) mass is 386 g/mol. The van der Waals surface area contributed by atoms with Gasteiger partial charge < -0.3 is 0 Å². The van der Waals surface area contributed by atoms with Crippen molar-refractivity contribution in [2.45, 2.75) is 0 Å². The summed E-state index contributed by atoms with van der Waals surface area (Å²) in [4.78, 5) is 0. The number of nitrogens with zero attached hydrogens (tertiary/aromatic N) is 4. The average molecular weight is 386 g/mol.